The zero-order valence-corrected chi connectivity index (χ0v) is 11.8. The van der Waals surface area contributed by atoms with Gasteiger partial charge in [0.2, 0.25) is 0 Å². The van der Waals surface area contributed by atoms with Gasteiger partial charge in [0.05, 0.1) is 0 Å². The van der Waals surface area contributed by atoms with Crippen molar-refractivity contribution in [1.82, 2.24) is 5.32 Å². The summed E-state index contributed by atoms with van der Waals surface area (Å²) in [7, 11) is 0. The first-order valence-electron chi connectivity index (χ1n) is 6.81. The second-order valence-electron chi connectivity index (χ2n) is 5.25. The Morgan fingerprint density at radius 1 is 1.26 bits per heavy atom. The van der Waals surface area contributed by atoms with E-state index in [4.69, 9.17) is 0 Å². The number of hydrogen-bond donors (Lipinski definition) is 1. The average molecular weight is 275 g/mol. The summed E-state index contributed by atoms with van der Waals surface area (Å²) in [5, 5.41) is 3.56. The third-order valence-electron chi connectivity index (χ3n) is 3.73. The molecule has 1 N–H and O–H groups in total. The SMILES string of the molecule is C[C@H](NCc1ccc(-c2ccccc2F)s1)C1CC1. The van der Waals surface area contributed by atoms with Crippen LogP contribution in [0.1, 0.15) is 24.6 Å². The van der Waals surface area contributed by atoms with Crippen LogP contribution in [0.15, 0.2) is 36.4 Å². The predicted octanol–water partition coefficient (Wildman–Crippen LogP) is 4.44. The number of nitrogens with one attached hydrogen (secondary N) is 1. The van der Waals surface area contributed by atoms with Gasteiger partial charge in [0.1, 0.15) is 5.82 Å². The van der Waals surface area contributed by atoms with Crippen LogP contribution >= 0.6 is 11.3 Å². The Bertz CT molecular complexity index is 559. The predicted molar refractivity (Wildman–Crippen MR) is 78.7 cm³/mol. The van der Waals surface area contributed by atoms with Crippen molar-refractivity contribution in [3.63, 3.8) is 0 Å². The largest absolute Gasteiger partial charge is 0.309 e. The van der Waals surface area contributed by atoms with E-state index < -0.39 is 0 Å². The fourth-order valence-electron chi connectivity index (χ4n) is 2.30. The standard InChI is InChI=1S/C16H18FNS/c1-11(12-6-7-12)18-10-13-8-9-16(19-13)14-4-2-3-5-15(14)17/h2-5,8-9,11-12,18H,6-7,10H2,1H3/t11-/m0/s1. The molecule has 19 heavy (non-hydrogen) atoms. The topological polar surface area (TPSA) is 12.0 Å². The fraction of sp³-hybridized carbons (Fsp3) is 0.375. The average Bonchev–Trinajstić information content (AvgIpc) is 3.16. The summed E-state index contributed by atoms with van der Waals surface area (Å²) in [5.74, 6) is 0.723. The second-order valence-corrected chi connectivity index (χ2v) is 6.42. The maximum atomic E-state index is 13.7. The summed E-state index contributed by atoms with van der Waals surface area (Å²) in [6, 6.07) is 11.7. The van der Waals surface area contributed by atoms with Crippen molar-refractivity contribution < 1.29 is 4.39 Å². The summed E-state index contributed by atoms with van der Waals surface area (Å²) in [6.07, 6.45) is 2.72. The van der Waals surface area contributed by atoms with Crippen molar-refractivity contribution in [2.24, 2.45) is 5.92 Å². The fourth-order valence-corrected chi connectivity index (χ4v) is 3.29. The molecular weight excluding hydrogens is 257 g/mol. The molecule has 1 aromatic carbocycles. The van der Waals surface area contributed by atoms with Crippen LogP contribution < -0.4 is 5.32 Å². The zero-order valence-electron chi connectivity index (χ0n) is 11.0. The molecule has 2 aromatic rings. The molecule has 1 aliphatic rings. The lowest BCUT2D eigenvalue weighted by atomic mass is 10.2. The summed E-state index contributed by atoms with van der Waals surface area (Å²) in [4.78, 5) is 2.28. The number of thiophene rings is 1. The van der Waals surface area contributed by atoms with Gasteiger partial charge in [0.25, 0.3) is 0 Å². The van der Waals surface area contributed by atoms with Gasteiger partial charge in [-0.15, -0.1) is 11.3 Å². The van der Waals surface area contributed by atoms with Crippen LogP contribution in [0.3, 0.4) is 0 Å². The first kappa shape index (κ1) is 12.8. The highest BCUT2D eigenvalue weighted by atomic mass is 32.1. The lowest BCUT2D eigenvalue weighted by Gasteiger charge is -2.11. The Balaban J connectivity index is 1.67. The van der Waals surface area contributed by atoms with E-state index in [1.807, 2.05) is 18.2 Å². The van der Waals surface area contributed by atoms with Gasteiger partial charge < -0.3 is 5.32 Å². The molecule has 3 rings (SSSR count). The van der Waals surface area contributed by atoms with Crippen LogP contribution in [-0.2, 0) is 6.54 Å². The minimum Gasteiger partial charge on any atom is -0.309 e. The molecule has 1 heterocycles. The third-order valence-corrected chi connectivity index (χ3v) is 4.85. The number of halogens is 1. The third kappa shape index (κ3) is 3.04. The van der Waals surface area contributed by atoms with E-state index in [-0.39, 0.29) is 5.82 Å². The molecule has 1 aliphatic carbocycles. The first-order chi connectivity index (χ1) is 9.24. The number of benzene rings is 1. The minimum absolute atomic E-state index is 0.143. The maximum absolute atomic E-state index is 13.7. The molecule has 0 amide bonds. The van der Waals surface area contributed by atoms with Crippen molar-refractivity contribution in [3.05, 3.63) is 47.1 Å². The smallest absolute Gasteiger partial charge is 0.131 e. The molecule has 1 atom stereocenters. The lowest BCUT2D eigenvalue weighted by molar-refractivity contribution is 0.499. The lowest BCUT2D eigenvalue weighted by Crippen LogP contribution is -2.26. The van der Waals surface area contributed by atoms with Gasteiger partial charge in [-0.2, -0.15) is 0 Å². The molecule has 1 aromatic heterocycles. The molecule has 1 fully saturated rings. The summed E-state index contributed by atoms with van der Waals surface area (Å²) < 4.78 is 13.7. The van der Waals surface area contributed by atoms with E-state index in [1.54, 1.807) is 17.4 Å². The molecule has 0 bridgehead atoms. The molecule has 1 nitrogen and oxygen atoms in total. The monoisotopic (exact) mass is 275 g/mol. The van der Waals surface area contributed by atoms with Gasteiger partial charge in [0, 0.05) is 27.9 Å². The van der Waals surface area contributed by atoms with Crippen LogP contribution in [-0.4, -0.2) is 6.04 Å². The second kappa shape index (κ2) is 5.43. The normalized spacial score (nSPS) is 16.5. The molecule has 0 radical (unpaired) electrons. The molecule has 0 aliphatic heterocycles. The molecule has 0 spiro atoms. The summed E-state index contributed by atoms with van der Waals surface area (Å²) in [5.41, 5.74) is 0.703. The van der Waals surface area contributed by atoms with Gasteiger partial charge >= 0.3 is 0 Å². The van der Waals surface area contributed by atoms with Crippen LogP contribution in [0.25, 0.3) is 10.4 Å². The summed E-state index contributed by atoms with van der Waals surface area (Å²) in [6.45, 7) is 3.14. The first-order valence-corrected chi connectivity index (χ1v) is 7.62. The molecule has 1 saturated carbocycles. The Kier molecular flexibility index (Phi) is 3.67. The molecular formula is C16H18FNS. The van der Waals surface area contributed by atoms with Crippen molar-refractivity contribution in [2.75, 3.05) is 0 Å². The molecule has 0 unspecified atom stereocenters. The maximum Gasteiger partial charge on any atom is 0.131 e. The van der Waals surface area contributed by atoms with Gasteiger partial charge in [-0.25, -0.2) is 4.39 Å². The number of hydrogen-bond acceptors (Lipinski definition) is 2. The van der Waals surface area contributed by atoms with Crippen molar-refractivity contribution in [3.8, 4) is 10.4 Å². The van der Waals surface area contributed by atoms with Crippen LogP contribution in [0.2, 0.25) is 0 Å². The minimum atomic E-state index is -0.143. The van der Waals surface area contributed by atoms with Crippen molar-refractivity contribution in [2.45, 2.75) is 32.4 Å². The summed E-state index contributed by atoms with van der Waals surface area (Å²) >= 11 is 1.67. The van der Waals surface area contributed by atoms with E-state index in [1.165, 1.54) is 23.8 Å². The van der Waals surface area contributed by atoms with Crippen molar-refractivity contribution >= 4 is 11.3 Å². The Labute approximate surface area is 117 Å². The van der Waals surface area contributed by atoms with Crippen molar-refractivity contribution in [1.29, 1.82) is 0 Å². The van der Waals surface area contributed by atoms with Gasteiger partial charge in [-0.05, 0) is 43.9 Å². The zero-order chi connectivity index (χ0) is 13.2. The van der Waals surface area contributed by atoms with E-state index in [0.717, 1.165) is 17.3 Å². The van der Waals surface area contributed by atoms with Gasteiger partial charge in [0.15, 0.2) is 0 Å². The van der Waals surface area contributed by atoms with Crippen LogP contribution in [0.5, 0.6) is 0 Å². The van der Waals surface area contributed by atoms with Gasteiger partial charge in [-0.3, -0.25) is 0 Å². The Morgan fingerprint density at radius 3 is 2.79 bits per heavy atom. The number of rotatable bonds is 5. The van der Waals surface area contributed by atoms with E-state index in [2.05, 4.69) is 18.3 Å². The molecule has 0 saturated heterocycles. The van der Waals surface area contributed by atoms with Gasteiger partial charge in [-0.1, -0.05) is 18.2 Å². The Morgan fingerprint density at radius 2 is 2.05 bits per heavy atom. The highest BCUT2D eigenvalue weighted by molar-refractivity contribution is 7.15. The quantitative estimate of drug-likeness (QED) is 0.850. The van der Waals surface area contributed by atoms with E-state index >= 15 is 0 Å². The van der Waals surface area contributed by atoms with E-state index in [0.29, 0.717) is 11.6 Å². The van der Waals surface area contributed by atoms with E-state index in [9.17, 15) is 4.39 Å². The van der Waals surface area contributed by atoms with Crippen LogP contribution in [0, 0.1) is 11.7 Å². The molecule has 3 heteroatoms. The Hall–Kier alpha value is -1.19. The van der Waals surface area contributed by atoms with Crippen LogP contribution in [0.4, 0.5) is 4.39 Å². The molecule has 100 valence electrons. The highest BCUT2D eigenvalue weighted by Crippen LogP contribution is 2.33. The highest BCUT2D eigenvalue weighted by Gasteiger charge is 2.27.